The molecule has 1 unspecified atom stereocenters. The Labute approximate surface area is 104 Å². The largest absolute Gasteiger partial charge is 0.481 e. The second-order valence-corrected chi connectivity index (χ2v) is 4.04. The van der Waals surface area contributed by atoms with Crippen LogP contribution in [0.25, 0.3) is 10.9 Å². The van der Waals surface area contributed by atoms with Crippen LogP contribution in [0.5, 0.6) is 5.75 Å². The monoisotopic (exact) mass is 246 g/mol. The van der Waals surface area contributed by atoms with Gasteiger partial charge in [-0.3, -0.25) is 15.0 Å². The molecule has 0 bridgehead atoms. The molecule has 2 N–H and O–H groups in total. The van der Waals surface area contributed by atoms with Gasteiger partial charge in [0.2, 0.25) is 0 Å². The standard InChI is InChI=1S/C13H14N2O3/c1-8-3-4-10-5-6-11(7-12(10)14-8)18-9(2)13(16)15-17/h3-7,9,17H,1-2H3,(H,15,16). The SMILES string of the molecule is Cc1ccc2ccc(OC(C)C(=O)NO)cc2n1. The number of rotatable bonds is 3. The molecule has 0 aliphatic rings. The van der Waals surface area contributed by atoms with Crippen LogP contribution in [-0.2, 0) is 4.79 Å². The summed E-state index contributed by atoms with van der Waals surface area (Å²) in [5, 5.41) is 9.51. The Balaban J connectivity index is 2.27. The summed E-state index contributed by atoms with van der Waals surface area (Å²) in [6.45, 7) is 3.47. The van der Waals surface area contributed by atoms with Gasteiger partial charge in [-0.2, -0.15) is 0 Å². The molecule has 5 heteroatoms. The number of aromatic nitrogens is 1. The number of carbonyl (C=O) groups is 1. The van der Waals surface area contributed by atoms with Gasteiger partial charge in [-0.25, -0.2) is 5.48 Å². The summed E-state index contributed by atoms with van der Waals surface area (Å²) >= 11 is 0. The van der Waals surface area contributed by atoms with E-state index in [1.807, 2.05) is 25.1 Å². The third-order valence-corrected chi connectivity index (χ3v) is 2.60. The van der Waals surface area contributed by atoms with E-state index in [0.717, 1.165) is 16.6 Å². The molecule has 2 rings (SSSR count). The van der Waals surface area contributed by atoms with Crippen LogP contribution in [0.15, 0.2) is 30.3 Å². The van der Waals surface area contributed by atoms with E-state index < -0.39 is 12.0 Å². The van der Waals surface area contributed by atoms with Crippen LogP contribution < -0.4 is 10.2 Å². The highest BCUT2D eigenvalue weighted by atomic mass is 16.5. The van der Waals surface area contributed by atoms with Crippen LogP contribution in [0.3, 0.4) is 0 Å². The highest BCUT2D eigenvalue weighted by Crippen LogP contribution is 2.20. The van der Waals surface area contributed by atoms with Crippen LogP contribution in [0.4, 0.5) is 0 Å². The van der Waals surface area contributed by atoms with Gasteiger partial charge in [0.1, 0.15) is 5.75 Å². The zero-order chi connectivity index (χ0) is 13.1. The summed E-state index contributed by atoms with van der Waals surface area (Å²) in [5.74, 6) is -0.0519. The lowest BCUT2D eigenvalue weighted by Gasteiger charge is -2.12. The minimum Gasteiger partial charge on any atom is -0.481 e. The molecule has 1 amide bonds. The van der Waals surface area contributed by atoms with Gasteiger partial charge in [0.15, 0.2) is 6.10 Å². The van der Waals surface area contributed by atoms with Crippen molar-refractivity contribution in [2.24, 2.45) is 0 Å². The number of nitrogens with one attached hydrogen (secondary N) is 1. The lowest BCUT2D eigenvalue weighted by atomic mass is 10.2. The van der Waals surface area contributed by atoms with E-state index in [1.165, 1.54) is 0 Å². The van der Waals surface area contributed by atoms with E-state index in [9.17, 15) is 4.79 Å². The number of fused-ring (bicyclic) bond motifs is 1. The van der Waals surface area contributed by atoms with Gasteiger partial charge < -0.3 is 4.74 Å². The number of pyridine rings is 1. The van der Waals surface area contributed by atoms with Crippen LogP contribution in [0.2, 0.25) is 0 Å². The van der Waals surface area contributed by atoms with Gasteiger partial charge >= 0.3 is 0 Å². The molecule has 0 spiro atoms. The first kappa shape index (κ1) is 12.3. The summed E-state index contributed by atoms with van der Waals surface area (Å²) in [6.07, 6.45) is -0.766. The molecule has 18 heavy (non-hydrogen) atoms. The molecule has 0 fully saturated rings. The number of aryl methyl sites for hydroxylation is 1. The summed E-state index contributed by atoms with van der Waals surface area (Å²) in [4.78, 5) is 15.5. The molecule has 1 heterocycles. The fraction of sp³-hybridized carbons (Fsp3) is 0.231. The Hall–Kier alpha value is -2.14. The number of benzene rings is 1. The predicted molar refractivity (Wildman–Crippen MR) is 66.5 cm³/mol. The third kappa shape index (κ3) is 2.57. The Morgan fingerprint density at radius 3 is 2.83 bits per heavy atom. The second kappa shape index (κ2) is 5.01. The Morgan fingerprint density at radius 1 is 1.39 bits per heavy atom. The van der Waals surface area contributed by atoms with Crippen molar-refractivity contribution in [2.75, 3.05) is 0 Å². The molecular formula is C13H14N2O3. The number of amides is 1. The highest BCUT2D eigenvalue weighted by molar-refractivity contribution is 5.81. The van der Waals surface area contributed by atoms with E-state index >= 15 is 0 Å². The smallest absolute Gasteiger partial charge is 0.284 e. The number of hydroxylamine groups is 1. The lowest BCUT2D eigenvalue weighted by molar-refractivity contribution is -0.135. The van der Waals surface area contributed by atoms with E-state index in [2.05, 4.69) is 4.98 Å². The maximum absolute atomic E-state index is 11.1. The van der Waals surface area contributed by atoms with E-state index in [1.54, 1.807) is 24.5 Å². The Morgan fingerprint density at radius 2 is 2.11 bits per heavy atom. The highest BCUT2D eigenvalue weighted by Gasteiger charge is 2.13. The molecule has 2 aromatic rings. The van der Waals surface area contributed by atoms with Crippen molar-refractivity contribution in [3.8, 4) is 5.75 Å². The van der Waals surface area contributed by atoms with Crippen molar-refractivity contribution >= 4 is 16.8 Å². The first-order valence-electron chi connectivity index (χ1n) is 5.58. The minimum absolute atomic E-state index is 0.539. The maximum atomic E-state index is 11.1. The van der Waals surface area contributed by atoms with Gasteiger partial charge in [0, 0.05) is 17.1 Å². The van der Waals surface area contributed by atoms with Crippen LogP contribution in [-0.4, -0.2) is 22.2 Å². The first-order valence-corrected chi connectivity index (χ1v) is 5.58. The number of nitrogens with zero attached hydrogens (tertiary/aromatic N) is 1. The molecule has 94 valence electrons. The first-order chi connectivity index (χ1) is 8.60. The molecule has 1 aromatic heterocycles. The summed E-state index contributed by atoms with van der Waals surface area (Å²) in [7, 11) is 0. The van der Waals surface area contributed by atoms with Crippen molar-refractivity contribution in [3.05, 3.63) is 36.0 Å². The van der Waals surface area contributed by atoms with E-state index in [0.29, 0.717) is 5.75 Å². The van der Waals surface area contributed by atoms with Gasteiger partial charge in [-0.1, -0.05) is 6.07 Å². The molecule has 0 aliphatic heterocycles. The molecule has 1 aromatic carbocycles. The second-order valence-electron chi connectivity index (χ2n) is 4.04. The Bertz CT molecular complexity index is 583. The molecule has 0 saturated carbocycles. The zero-order valence-electron chi connectivity index (χ0n) is 10.2. The Kier molecular flexibility index (Phi) is 3.43. The lowest BCUT2D eigenvalue weighted by Crippen LogP contribution is -2.34. The number of carbonyl (C=O) groups excluding carboxylic acids is 1. The average molecular weight is 246 g/mol. The van der Waals surface area contributed by atoms with Gasteiger partial charge in [0.25, 0.3) is 5.91 Å². The normalized spacial score (nSPS) is 12.2. The van der Waals surface area contributed by atoms with Crippen molar-refractivity contribution in [3.63, 3.8) is 0 Å². The molecule has 0 aliphatic carbocycles. The van der Waals surface area contributed by atoms with Crippen molar-refractivity contribution in [2.45, 2.75) is 20.0 Å². The fourth-order valence-electron chi connectivity index (χ4n) is 1.62. The van der Waals surface area contributed by atoms with Gasteiger partial charge in [-0.15, -0.1) is 0 Å². The predicted octanol–water partition coefficient (Wildman–Crippen LogP) is 1.82. The van der Waals surface area contributed by atoms with Crippen molar-refractivity contribution in [1.82, 2.24) is 10.5 Å². The summed E-state index contributed by atoms with van der Waals surface area (Å²) in [5.41, 5.74) is 3.28. The molecule has 1 atom stereocenters. The van der Waals surface area contributed by atoms with E-state index in [-0.39, 0.29) is 0 Å². The van der Waals surface area contributed by atoms with Crippen LogP contribution in [0, 0.1) is 6.92 Å². The van der Waals surface area contributed by atoms with Crippen molar-refractivity contribution < 1.29 is 14.7 Å². The van der Waals surface area contributed by atoms with Crippen molar-refractivity contribution in [1.29, 1.82) is 0 Å². The molecule has 0 radical (unpaired) electrons. The summed E-state index contributed by atoms with van der Waals surface area (Å²) in [6, 6.07) is 9.32. The topological polar surface area (TPSA) is 71.5 Å². The molecule has 5 nitrogen and oxygen atoms in total. The van der Waals surface area contributed by atoms with Gasteiger partial charge in [-0.05, 0) is 32.0 Å². The van der Waals surface area contributed by atoms with E-state index in [4.69, 9.17) is 9.94 Å². The number of ether oxygens (including phenoxy) is 1. The van der Waals surface area contributed by atoms with Crippen LogP contribution in [0.1, 0.15) is 12.6 Å². The van der Waals surface area contributed by atoms with Crippen LogP contribution >= 0.6 is 0 Å². The van der Waals surface area contributed by atoms with Gasteiger partial charge in [0.05, 0.1) is 5.52 Å². The number of hydrogen-bond donors (Lipinski definition) is 2. The quantitative estimate of drug-likeness (QED) is 0.640. The minimum atomic E-state index is -0.766. The molecule has 0 saturated heterocycles. The maximum Gasteiger partial charge on any atom is 0.284 e. The summed E-state index contributed by atoms with van der Waals surface area (Å²) < 4.78 is 5.40. The average Bonchev–Trinajstić information content (AvgIpc) is 2.37. The third-order valence-electron chi connectivity index (χ3n) is 2.60. The number of hydrogen-bond acceptors (Lipinski definition) is 4. The zero-order valence-corrected chi connectivity index (χ0v) is 10.2. The fourth-order valence-corrected chi connectivity index (χ4v) is 1.62. The molecular weight excluding hydrogens is 232 g/mol.